The number of Topliss-reactive ketones (excluding diaryl/α,β-unsaturated/α-hetero) is 1. The van der Waals surface area contributed by atoms with Gasteiger partial charge in [0.2, 0.25) is 0 Å². The topological polar surface area (TPSA) is 76.1 Å². The number of rotatable bonds is 6. The molecule has 0 spiro atoms. The molecule has 1 saturated heterocycles. The van der Waals surface area contributed by atoms with E-state index < -0.39 is 23.5 Å². The maximum Gasteiger partial charge on any atom is 0.300 e. The number of aliphatic hydroxyl groups excluding tert-OH is 1. The number of hydrogen-bond acceptors (Lipinski definition) is 5. The lowest BCUT2D eigenvalue weighted by Gasteiger charge is -2.25. The summed E-state index contributed by atoms with van der Waals surface area (Å²) in [5.74, 6) is -1.59. The zero-order chi connectivity index (χ0) is 23.5. The Labute approximate surface area is 190 Å². The van der Waals surface area contributed by atoms with Gasteiger partial charge in [-0.2, -0.15) is 0 Å². The molecule has 0 bridgehead atoms. The molecule has 33 heavy (non-hydrogen) atoms. The van der Waals surface area contributed by atoms with E-state index in [0.29, 0.717) is 29.4 Å². The number of amides is 1. The molecule has 0 aliphatic carbocycles. The number of ether oxygens (including phenoxy) is 2. The Bertz CT molecular complexity index is 1220. The lowest BCUT2D eigenvalue weighted by atomic mass is 9.94. The molecule has 1 heterocycles. The molecule has 3 aromatic carbocycles. The van der Waals surface area contributed by atoms with Crippen LogP contribution >= 0.6 is 0 Å². The van der Waals surface area contributed by atoms with Crippen LogP contribution in [0.2, 0.25) is 0 Å². The Kier molecular flexibility index (Phi) is 6.13. The Morgan fingerprint density at radius 3 is 2.21 bits per heavy atom. The normalized spacial score (nSPS) is 17.3. The molecule has 0 aromatic heterocycles. The molecule has 1 N–H and O–H groups in total. The van der Waals surface area contributed by atoms with E-state index in [0.717, 1.165) is 0 Å². The van der Waals surface area contributed by atoms with Crippen LogP contribution in [-0.4, -0.2) is 30.5 Å². The van der Waals surface area contributed by atoms with Gasteiger partial charge in [0.1, 0.15) is 23.1 Å². The number of benzene rings is 3. The van der Waals surface area contributed by atoms with Gasteiger partial charge in [-0.15, -0.1) is 0 Å². The van der Waals surface area contributed by atoms with Gasteiger partial charge in [0, 0.05) is 16.8 Å². The average molecular weight is 447 g/mol. The fourth-order valence-corrected chi connectivity index (χ4v) is 3.86. The zero-order valence-electron chi connectivity index (χ0n) is 18.1. The Hall–Kier alpha value is -4.13. The highest BCUT2D eigenvalue weighted by Gasteiger charge is 2.47. The predicted molar refractivity (Wildman–Crippen MR) is 122 cm³/mol. The first-order valence-electron chi connectivity index (χ1n) is 10.4. The second-order valence-electron chi connectivity index (χ2n) is 7.35. The molecule has 6 nitrogen and oxygen atoms in total. The van der Waals surface area contributed by atoms with Crippen molar-refractivity contribution in [3.8, 4) is 11.5 Å². The third kappa shape index (κ3) is 4.05. The number of carbonyl (C=O) groups excluding carboxylic acids is 2. The molecule has 7 heteroatoms. The van der Waals surface area contributed by atoms with E-state index in [1.165, 1.54) is 30.2 Å². The molecular weight excluding hydrogens is 425 g/mol. The van der Waals surface area contributed by atoms with Gasteiger partial charge in [0.05, 0.1) is 25.3 Å². The van der Waals surface area contributed by atoms with Crippen LogP contribution in [0.1, 0.15) is 24.1 Å². The number of ketones is 1. The van der Waals surface area contributed by atoms with Crippen LogP contribution in [0, 0.1) is 5.82 Å². The highest BCUT2D eigenvalue weighted by atomic mass is 19.1. The summed E-state index contributed by atoms with van der Waals surface area (Å²) >= 11 is 0. The van der Waals surface area contributed by atoms with Gasteiger partial charge in [-0.05, 0) is 61.5 Å². The fraction of sp³-hybridized carbons (Fsp3) is 0.154. The molecule has 1 aliphatic heterocycles. The van der Waals surface area contributed by atoms with Crippen LogP contribution in [0.25, 0.3) is 5.76 Å². The van der Waals surface area contributed by atoms with E-state index in [1.54, 1.807) is 54.6 Å². The molecule has 1 amide bonds. The first-order chi connectivity index (χ1) is 16.0. The molecule has 1 atom stereocenters. The van der Waals surface area contributed by atoms with Crippen LogP contribution in [0.5, 0.6) is 11.5 Å². The highest BCUT2D eigenvalue weighted by Crippen LogP contribution is 2.43. The quantitative estimate of drug-likeness (QED) is 0.332. The molecule has 0 unspecified atom stereocenters. The zero-order valence-corrected chi connectivity index (χ0v) is 18.1. The van der Waals surface area contributed by atoms with Gasteiger partial charge in [0.25, 0.3) is 11.7 Å². The van der Waals surface area contributed by atoms with Crippen molar-refractivity contribution in [2.45, 2.75) is 13.0 Å². The van der Waals surface area contributed by atoms with E-state index in [2.05, 4.69) is 0 Å². The summed E-state index contributed by atoms with van der Waals surface area (Å²) in [6.07, 6.45) is 0. The molecular formula is C26H22FNO5. The summed E-state index contributed by atoms with van der Waals surface area (Å²) in [5, 5.41) is 11.1. The molecule has 1 fully saturated rings. The minimum atomic E-state index is -1.15. The molecule has 0 saturated carbocycles. The number of nitrogens with zero attached hydrogens (tertiary/aromatic N) is 1. The molecule has 4 rings (SSSR count). The average Bonchev–Trinajstić information content (AvgIpc) is 3.10. The number of carbonyl (C=O) groups is 2. The molecule has 3 aromatic rings. The van der Waals surface area contributed by atoms with Crippen molar-refractivity contribution < 1.29 is 28.6 Å². The van der Waals surface area contributed by atoms with Gasteiger partial charge >= 0.3 is 0 Å². The van der Waals surface area contributed by atoms with Crippen molar-refractivity contribution in [1.29, 1.82) is 0 Å². The summed E-state index contributed by atoms with van der Waals surface area (Å²) in [4.78, 5) is 27.4. The summed E-state index contributed by atoms with van der Waals surface area (Å²) < 4.78 is 25.5. The van der Waals surface area contributed by atoms with Crippen molar-refractivity contribution >= 4 is 23.1 Å². The lowest BCUT2D eigenvalue weighted by molar-refractivity contribution is -0.132. The molecule has 0 radical (unpaired) electrons. The Morgan fingerprint density at radius 1 is 0.970 bits per heavy atom. The van der Waals surface area contributed by atoms with Crippen LogP contribution in [-0.2, 0) is 9.59 Å². The third-order valence-electron chi connectivity index (χ3n) is 5.43. The fourth-order valence-electron chi connectivity index (χ4n) is 3.86. The van der Waals surface area contributed by atoms with Crippen molar-refractivity contribution in [3.05, 3.63) is 95.3 Å². The monoisotopic (exact) mass is 447 g/mol. The predicted octanol–water partition coefficient (Wildman–Crippen LogP) is 4.86. The second kappa shape index (κ2) is 9.16. The first kappa shape index (κ1) is 22.1. The number of halogens is 1. The smallest absolute Gasteiger partial charge is 0.300 e. The van der Waals surface area contributed by atoms with Crippen LogP contribution in [0.3, 0.4) is 0 Å². The van der Waals surface area contributed by atoms with Gasteiger partial charge in [-0.25, -0.2) is 4.39 Å². The van der Waals surface area contributed by atoms with E-state index in [-0.39, 0.29) is 16.9 Å². The maximum atomic E-state index is 14.9. The van der Waals surface area contributed by atoms with Crippen LogP contribution in [0.15, 0.2) is 78.4 Å². The standard InChI is InChI=1S/C26H22FNO5/c1-3-33-19-12-8-16(9-13-19)24(29)22-23(20-6-4-5-7-21(20)27)28(26(31)25(22)30)17-10-14-18(32-2)15-11-17/h4-15,23,29H,3H2,1-2H3/t23-/m1/s1. The van der Waals surface area contributed by atoms with E-state index in [4.69, 9.17) is 9.47 Å². The van der Waals surface area contributed by atoms with Crippen molar-refractivity contribution in [3.63, 3.8) is 0 Å². The van der Waals surface area contributed by atoms with Gasteiger partial charge in [-0.3, -0.25) is 14.5 Å². The van der Waals surface area contributed by atoms with Gasteiger partial charge < -0.3 is 14.6 Å². The van der Waals surface area contributed by atoms with Crippen molar-refractivity contribution in [2.75, 3.05) is 18.6 Å². The number of methoxy groups -OCH3 is 1. The van der Waals surface area contributed by atoms with E-state index in [1.807, 2.05) is 6.92 Å². The minimum absolute atomic E-state index is 0.0972. The summed E-state index contributed by atoms with van der Waals surface area (Å²) in [7, 11) is 1.51. The Morgan fingerprint density at radius 2 is 1.61 bits per heavy atom. The highest BCUT2D eigenvalue weighted by molar-refractivity contribution is 6.51. The van der Waals surface area contributed by atoms with Crippen LogP contribution in [0.4, 0.5) is 10.1 Å². The first-order valence-corrected chi connectivity index (χ1v) is 10.4. The van der Waals surface area contributed by atoms with Crippen molar-refractivity contribution in [2.24, 2.45) is 0 Å². The summed E-state index contributed by atoms with van der Waals surface area (Å²) in [6.45, 7) is 2.33. The third-order valence-corrected chi connectivity index (χ3v) is 5.43. The Balaban J connectivity index is 1.89. The minimum Gasteiger partial charge on any atom is -0.507 e. The van der Waals surface area contributed by atoms with Gasteiger partial charge in [0.15, 0.2) is 0 Å². The number of hydrogen-bond donors (Lipinski definition) is 1. The van der Waals surface area contributed by atoms with E-state index >= 15 is 0 Å². The molecule has 1 aliphatic rings. The van der Waals surface area contributed by atoms with Crippen LogP contribution < -0.4 is 14.4 Å². The SMILES string of the molecule is CCOc1ccc(C(O)=C2C(=O)C(=O)N(c3ccc(OC)cc3)[C@@H]2c2ccccc2F)cc1. The lowest BCUT2D eigenvalue weighted by Crippen LogP contribution is -2.29. The largest absolute Gasteiger partial charge is 0.507 e. The number of anilines is 1. The van der Waals surface area contributed by atoms with Gasteiger partial charge in [-0.1, -0.05) is 18.2 Å². The summed E-state index contributed by atoms with van der Waals surface area (Å²) in [6, 6.07) is 17.7. The molecule has 168 valence electrons. The maximum absolute atomic E-state index is 14.9. The second-order valence-corrected chi connectivity index (χ2v) is 7.35. The summed E-state index contributed by atoms with van der Waals surface area (Å²) in [5.41, 5.74) is 0.592. The number of aliphatic hydroxyl groups is 1. The van der Waals surface area contributed by atoms with E-state index in [9.17, 15) is 19.1 Å². The van der Waals surface area contributed by atoms with Crippen molar-refractivity contribution in [1.82, 2.24) is 0 Å².